The van der Waals surface area contributed by atoms with Gasteiger partial charge in [0.15, 0.2) is 5.65 Å². The van der Waals surface area contributed by atoms with Crippen LogP contribution in [0.5, 0.6) is 5.75 Å². The van der Waals surface area contributed by atoms with E-state index in [-0.39, 0.29) is 0 Å². The molecule has 0 aromatic carbocycles. The number of rotatable bonds is 3. The fourth-order valence-electron chi connectivity index (χ4n) is 5.92. The van der Waals surface area contributed by atoms with Crippen molar-refractivity contribution in [3.63, 3.8) is 0 Å². The molecular weight excluding hydrogens is 366 g/mol. The van der Waals surface area contributed by atoms with Crippen molar-refractivity contribution in [1.82, 2.24) is 14.6 Å². The molecule has 0 saturated heterocycles. The zero-order valence-electron chi connectivity index (χ0n) is 13.7. The average molecular weight is 388 g/mol. The maximum Gasteiger partial charge on any atom is 0.204 e. The molecule has 0 unspecified atom stereocenters. The Morgan fingerprint density at radius 2 is 1.71 bits per heavy atom. The largest absolute Gasteiger partial charge is 0.489 e. The highest BCUT2D eigenvalue weighted by Gasteiger charge is 2.49. The molecule has 5 saturated carbocycles. The maximum absolute atomic E-state index is 6.74. The summed E-state index contributed by atoms with van der Waals surface area (Å²) in [6, 6.07) is 2.12. The molecule has 5 aliphatic carbocycles. The zero-order chi connectivity index (χ0) is 15.8. The summed E-state index contributed by atoms with van der Waals surface area (Å²) in [5.74, 6) is 5.30. The fraction of sp³-hybridized carbons (Fsp3) is 0.684. The summed E-state index contributed by atoms with van der Waals surface area (Å²) in [7, 11) is 0. The van der Waals surface area contributed by atoms with Crippen LogP contribution >= 0.6 is 15.9 Å². The van der Waals surface area contributed by atoms with Gasteiger partial charge in [-0.25, -0.2) is 0 Å². The van der Waals surface area contributed by atoms with Gasteiger partial charge in [-0.1, -0.05) is 0 Å². The van der Waals surface area contributed by atoms with Crippen molar-refractivity contribution in [2.45, 2.75) is 57.0 Å². The van der Waals surface area contributed by atoms with Crippen molar-refractivity contribution in [3.8, 4) is 5.75 Å². The Bertz CT molecular complexity index is 784. The van der Waals surface area contributed by atoms with Crippen LogP contribution in [-0.4, -0.2) is 20.7 Å². The van der Waals surface area contributed by atoms with Crippen LogP contribution in [0.15, 0.2) is 17.0 Å². The smallest absolute Gasteiger partial charge is 0.204 e. The predicted molar refractivity (Wildman–Crippen MR) is 94.1 cm³/mol. The molecule has 2 heterocycles. The number of hydrogen-bond donors (Lipinski definition) is 0. The van der Waals surface area contributed by atoms with Gasteiger partial charge < -0.3 is 4.74 Å². The van der Waals surface area contributed by atoms with E-state index in [0.29, 0.717) is 12.0 Å². The molecule has 5 aliphatic rings. The van der Waals surface area contributed by atoms with Gasteiger partial charge in [0.1, 0.15) is 11.9 Å². The zero-order valence-corrected chi connectivity index (χ0v) is 15.3. The van der Waals surface area contributed by atoms with Gasteiger partial charge in [0.2, 0.25) is 4.73 Å². The van der Waals surface area contributed by atoms with Gasteiger partial charge in [0.25, 0.3) is 0 Å². The van der Waals surface area contributed by atoms with E-state index in [1.807, 2.05) is 4.40 Å². The van der Waals surface area contributed by atoms with Gasteiger partial charge in [-0.15, -0.1) is 10.2 Å². The Hall–Kier alpha value is -1.10. The Balaban J connectivity index is 1.38. The van der Waals surface area contributed by atoms with Crippen LogP contribution in [0.4, 0.5) is 0 Å². The van der Waals surface area contributed by atoms with E-state index in [1.54, 1.807) is 0 Å². The molecule has 0 aliphatic heterocycles. The second kappa shape index (κ2) is 4.96. The van der Waals surface area contributed by atoms with Gasteiger partial charge in [0.05, 0.1) is 0 Å². The molecule has 4 bridgehead atoms. The van der Waals surface area contributed by atoms with Crippen molar-refractivity contribution in [2.24, 2.45) is 23.7 Å². The van der Waals surface area contributed by atoms with Gasteiger partial charge in [-0.05, 0) is 90.5 Å². The maximum atomic E-state index is 6.74. The van der Waals surface area contributed by atoms with E-state index in [2.05, 4.69) is 38.4 Å². The summed E-state index contributed by atoms with van der Waals surface area (Å²) in [4.78, 5) is 0. The summed E-state index contributed by atoms with van der Waals surface area (Å²) in [5, 5.41) is 8.42. The first kappa shape index (κ1) is 14.1. The molecule has 7 rings (SSSR count). The average Bonchev–Trinajstić information content (AvgIpc) is 3.34. The molecule has 126 valence electrons. The van der Waals surface area contributed by atoms with Gasteiger partial charge >= 0.3 is 0 Å². The minimum atomic E-state index is 0.434. The van der Waals surface area contributed by atoms with Crippen molar-refractivity contribution >= 4 is 21.6 Å². The molecule has 24 heavy (non-hydrogen) atoms. The SMILES string of the molecule is Brc1nnc2cc(OC3[C@H]4C[C@H]5C[C@H](C4)C[C@H]3C5)c(C3CC3)cn12. The van der Waals surface area contributed by atoms with Crippen LogP contribution in [0.2, 0.25) is 0 Å². The Kier molecular flexibility index (Phi) is 2.92. The number of ether oxygens (including phenoxy) is 1. The summed E-state index contributed by atoms with van der Waals surface area (Å²) < 4.78 is 9.56. The lowest BCUT2D eigenvalue weighted by Crippen LogP contribution is -2.50. The van der Waals surface area contributed by atoms with Crippen molar-refractivity contribution in [3.05, 3.63) is 22.6 Å². The number of halogens is 1. The molecule has 2 aromatic rings. The second-order valence-electron chi connectivity index (χ2n) is 8.58. The molecule has 5 fully saturated rings. The summed E-state index contributed by atoms with van der Waals surface area (Å²) in [6.07, 6.45) is 12.3. The third kappa shape index (κ3) is 2.09. The van der Waals surface area contributed by atoms with E-state index >= 15 is 0 Å². The van der Waals surface area contributed by atoms with Crippen LogP contribution in [0.3, 0.4) is 0 Å². The van der Waals surface area contributed by atoms with Gasteiger partial charge in [-0.2, -0.15) is 0 Å². The lowest BCUT2D eigenvalue weighted by atomic mass is 9.55. The minimum absolute atomic E-state index is 0.434. The van der Waals surface area contributed by atoms with E-state index in [4.69, 9.17) is 4.74 Å². The first-order valence-electron chi connectivity index (χ1n) is 9.45. The minimum Gasteiger partial charge on any atom is -0.489 e. The Morgan fingerprint density at radius 1 is 1.00 bits per heavy atom. The topological polar surface area (TPSA) is 39.4 Å². The quantitative estimate of drug-likeness (QED) is 0.773. The van der Waals surface area contributed by atoms with Crippen LogP contribution in [0.25, 0.3) is 5.65 Å². The highest BCUT2D eigenvalue weighted by atomic mass is 79.9. The highest BCUT2D eigenvalue weighted by Crippen LogP contribution is 2.55. The van der Waals surface area contributed by atoms with Crippen molar-refractivity contribution in [2.75, 3.05) is 0 Å². The van der Waals surface area contributed by atoms with E-state index in [1.165, 1.54) is 50.5 Å². The standard InChI is InChI=1S/C19H22BrN3O/c20-19-22-21-17-8-16(15(9-23(17)19)12-1-2-12)24-18-13-4-10-3-11(6-13)7-14(18)5-10/h8-14,18H,1-7H2/t10-,11-,13-,14+,18?. The fourth-order valence-corrected chi connectivity index (χ4v) is 6.29. The van der Waals surface area contributed by atoms with Crippen LogP contribution in [0.1, 0.15) is 56.4 Å². The lowest BCUT2D eigenvalue weighted by molar-refractivity contribution is -0.0792. The molecule has 2 aromatic heterocycles. The molecule has 4 nitrogen and oxygen atoms in total. The summed E-state index contributed by atoms with van der Waals surface area (Å²) >= 11 is 3.49. The number of pyridine rings is 1. The van der Waals surface area contributed by atoms with Gasteiger partial charge in [-0.3, -0.25) is 4.40 Å². The van der Waals surface area contributed by atoms with Gasteiger partial charge in [0, 0.05) is 17.8 Å². The Labute approximate surface area is 150 Å². The van der Waals surface area contributed by atoms with E-state index < -0.39 is 0 Å². The molecule has 0 spiro atoms. The third-order valence-electron chi connectivity index (χ3n) is 6.91. The molecular formula is C19H22BrN3O. The lowest BCUT2D eigenvalue weighted by Gasteiger charge is -2.53. The van der Waals surface area contributed by atoms with Crippen molar-refractivity contribution in [1.29, 1.82) is 0 Å². The molecule has 5 heteroatoms. The van der Waals surface area contributed by atoms with E-state index in [9.17, 15) is 0 Å². The first-order valence-corrected chi connectivity index (χ1v) is 10.2. The number of nitrogens with zero attached hydrogens (tertiary/aromatic N) is 3. The molecule has 0 atom stereocenters. The van der Waals surface area contributed by atoms with Crippen LogP contribution < -0.4 is 4.74 Å². The second-order valence-corrected chi connectivity index (χ2v) is 9.29. The van der Waals surface area contributed by atoms with Crippen LogP contribution in [-0.2, 0) is 0 Å². The summed E-state index contributed by atoms with van der Waals surface area (Å²) in [5.41, 5.74) is 2.24. The Morgan fingerprint density at radius 3 is 2.38 bits per heavy atom. The molecule has 0 amide bonds. The highest BCUT2D eigenvalue weighted by molar-refractivity contribution is 9.10. The van der Waals surface area contributed by atoms with E-state index in [0.717, 1.165) is 39.8 Å². The first-order chi connectivity index (χ1) is 11.7. The number of fused-ring (bicyclic) bond motifs is 1. The molecule has 0 N–H and O–H groups in total. The third-order valence-corrected chi connectivity index (χ3v) is 7.45. The number of aromatic nitrogens is 3. The monoisotopic (exact) mass is 387 g/mol. The van der Waals surface area contributed by atoms with Crippen LogP contribution in [0, 0.1) is 23.7 Å². The molecule has 0 radical (unpaired) electrons. The van der Waals surface area contributed by atoms with Crippen molar-refractivity contribution < 1.29 is 4.74 Å². The number of hydrogen-bond acceptors (Lipinski definition) is 3. The summed E-state index contributed by atoms with van der Waals surface area (Å²) in [6.45, 7) is 0. The normalized spacial score (nSPS) is 37.3. The predicted octanol–water partition coefficient (Wildman–Crippen LogP) is 4.57.